The molecule has 0 amide bonds. The van der Waals surface area contributed by atoms with Crippen LogP contribution in [0.4, 0.5) is 19.0 Å². The molecule has 1 N–H and O–H groups in total. The molecule has 0 saturated heterocycles. The van der Waals surface area contributed by atoms with Gasteiger partial charge in [0.25, 0.3) is 0 Å². The van der Waals surface area contributed by atoms with E-state index in [9.17, 15) is 13.2 Å². The van der Waals surface area contributed by atoms with Gasteiger partial charge in [-0.2, -0.15) is 13.2 Å². The number of halogens is 4. The number of rotatable bonds is 6. The Kier molecular flexibility index (Phi) is 5.47. The molecule has 0 spiro atoms. The van der Waals surface area contributed by atoms with Crippen LogP contribution in [0.2, 0.25) is 0 Å². The first-order chi connectivity index (χ1) is 8.74. The van der Waals surface area contributed by atoms with Crippen molar-refractivity contribution < 1.29 is 13.2 Å². The van der Waals surface area contributed by atoms with Gasteiger partial charge >= 0.3 is 6.18 Å². The molecule has 1 aromatic heterocycles. The molecule has 0 aliphatic rings. The van der Waals surface area contributed by atoms with Crippen molar-refractivity contribution in [2.75, 3.05) is 17.7 Å². The highest BCUT2D eigenvalue weighted by molar-refractivity contribution is 6.17. The summed E-state index contributed by atoms with van der Waals surface area (Å²) in [6.45, 7) is 4.64. The maximum Gasteiger partial charge on any atom is 0.433 e. The number of anilines is 1. The van der Waals surface area contributed by atoms with Crippen LogP contribution in [0.15, 0.2) is 18.2 Å². The molecule has 0 radical (unpaired) electrons. The lowest BCUT2D eigenvalue weighted by Crippen LogP contribution is -2.24. The van der Waals surface area contributed by atoms with Gasteiger partial charge < -0.3 is 5.32 Å². The summed E-state index contributed by atoms with van der Waals surface area (Å²) in [5.41, 5.74) is -0.916. The quantitative estimate of drug-likeness (QED) is 0.778. The van der Waals surface area contributed by atoms with E-state index in [-0.39, 0.29) is 11.2 Å². The van der Waals surface area contributed by atoms with Crippen LogP contribution in [0, 0.1) is 5.41 Å². The minimum atomic E-state index is -4.41. The minimum absolute atomic E-state index is 0.0369. The molecule has 0 aromatic carbocycles. The molecule has 1 heterocycles. The van der Waals surface area contributed by atoms with Crippen molar-refractivity contribution in [1.29, 1.82) is 0 Å². The van der Waals surface area contributed by atoms with Crippen molar-refractivity contribution in [2.24, 2.45) is 5.41 Å². The number of alkyl halides is 4. The molecule has 0 fully saturated rings. The van der Waals surface area contributed by atoms with Gasteiger partial charge in [0.2, 0.25) is 0 Å². The number of hydrogen-bond acceptors (Lipinski definition) is 2. The lowest BCUT2D eigenvalue weighted by molar-refractivity contribution is -0.141. The summed E-state index contributed by atoms with van der Waals surface area (Å²) in [7, 11) is 0. The first-order valence-corrected chi connectivity index (χ1v) is 6.62. The second kappa shape index (κ2) is 6.46. The fourth-order valence-corrected chi connectivity index (χ4v) is 1.79. The molecule has 0 saturated carbocycles. The predicted molar refractivity (Wildman–Crippen MR) is 71.5 cm³/mol. The summed E-state index contributed by atoms with van der Waals surface area (Å²) < 4.78 is 37.5. The fraction of sp³-hybridized carbons (Fsp3) is 0.615. The average molecular weight is 295 g/mol. The van der Waals surface area contributed by atoms with Crippen molar-refractivity contribution in [2.45, 2.75) is 32.9 Å². The zero-order chi connectivity index (χ0) is 14.5. The number of nitrogens with one attached hydrogen (secondary N) is 1. The normalized spacial score (nSPS) is 12.5. The van der Waals surface area contributed by atoms with Crippen molar-refractivity contribution in [3.8, 4) is 0 Å². The maximum absolute atomic E-state index is 12.5. The van der Waals surface area contributed by atoms with Gasteiger partial charge in [0, 0.05) is 12.4 Å². The van der Waals surface area contributed by atoms with Gasteiger partial charge in [-0.05, 0) is 30.4 Å². The molecule has 0 aliphatic heterocycles. The van der Waals surface area contributed by atoms with Crippen LogP contribution in [0.5, 0.6) is 0 Å². The Morgan fingerprint density at radius 1 is 1.26 bits per heavy atom. The maximum atomic E-state index is 12.5. The van der Waals surface area contributed by atoms with Crippen LogP contribution in [-0.4, -0.2) is 17.4 Å². The smallest absolute Gasteiger partial charge is 0.370 e. The fourth-order valence-electron chi connectivity index (χ4n) is 1.65. The second-order valence-electron chi connectivity index (χ2n) is 5.22. The van der Waals surface area contributed by atoms with Crippen LogP contribution < -0.4 is 5.32 Å². The minimum Gasteiger partial charge on any atom is -0.370 e. The Hall–Kier alpha value is -0.970. The van der Waals surface area contributed by atoms with Gasteiger partial charge in [0.05, 0.1) is 0 Å². The average Bonchev–Trinajstić information content (AvgIpc) is 2.34. The van der Waals surface area contributed by atoms with E-state index in [2.05, 4.69) is 10.3 Å². The third-order valence-electron chi connectivity index (χ3n) is 2.77. The second-order valence-corrected chi connectivity index (χ2v) is 5.59. The largest absolute Gasteiger partial charge is 0.433 e. The highest BCUT2D eigenvalue weighted by Crippen LogP contribution is 2.28. The summed E-state index contributed by atoms with van der Waals surface area (Å²) >= 11 is 5.64. The lowest BCUT2D eigenvalue weighted by Gasteiger charge is -2.25. The molecule has 2 nitrogen and oxygen atoms in total. The highest BCUT2D eigenvalue weighted by Gasteiger charge is 2.32. The van der Waals surface area contributed by atoms with Gasteiger partial charge in [-0.3, -0.25) is 0 Å². The van der Waals surface area contributed by atoms with E-state index < -0.39 is 11.9 Å². The van der Waals surface area contributed by atoms with Gasteiger partial charge in [0.1, 0.15) is 11.5 Å². The highest BCUT2D eigenvalue weighted by atomic mass is 35.5. The molecular formula is C13H18ClF3N2. The zero-order valence-corrected chi connectivity index (χ0v) is 11.8. The van der Waals surface area contributed by atoms with Gasteiger partial charge in [0.15, 0.2) is 0 Å². The standard InChI is InChI=1S/C13H18ClF3N2/c1-12(2,7-4-8-14)9-18-11-6-3-5-10(19-11)13(15,16)17/h3,5-6H,4,7-9H2,1-2H3,(H,18,19). The third kappa shape index (κ3) is 5.68. The Balaban J connectivity index is 2.63. The van der Waals surface area contributed by atoms with Crippen LogP contribution >= 0.6 is 11.6 Å². The van der Waals surface area contributed by atoms with E-state index in [1.807, 2.05) is 13.8 Å². The van der Waals surface area contributed by atoms with Crippen molar-refractivity contribution in [1.82, 2.24) is 4.98 Å². The summed E-state index contributed by atoms with van der Waals surface area (Å²) in [6, 6.07) is 3.85. The monoisotopic (exact) mass is 294 g/mol. The van der Waals surface area contributed by atoms with E-state index in [0.717, 1.165) is 18.9 Å². The zero-order valence-electron chi connectivity index (χ0n) is 11.0. The van der Waals surface area contributed by atoms with Crippen molar-refractivity contribution >= 4 is 17.4 Å². The molecule has 108 valence electrons. The van der Waals surface area contributed by atoms with Crippen molar-refractivity contribution in [3.05, 3.63) is 23.9 Å². The van der Waals surface area contributed by atoms with Gasteiger partial charge in [-0.15, -0.1) is 11.6 Å². The Bertz CT molecular complexity index is 405. The third-order valence-corrected chi connectivity index (χ3v) is 3.04. The lowest BCUT2D eigenvalue weighted by atomic mass is 9.88. The van der Waals surface area contributed by atoms with Crippen LogP contribution in [0.3, 0.4) is 0 Å². The SMILES string of the molecule is CC(C)(CCCCl)CNc1cccc(C(F)(F)F)n1. The topological polar surface area (TPSA) is 24.9 Å². The molecule has 19 heavy (non-hydrogen) atoms. The van der Waals surface area contributed by atoms with Crippen LogP contribution in [0.25, 0.3) is 0 Å². The number of nitrogens with zero attached hydrogens (tertiary/aromatic N) is 1. The van der Waals surface area contributed by atoms with E-state index in [1.54, 1.807) is 0 Å². The molecule has 1 rings (SSSR count). The van der Waals surface area contributed by atoms with Crippen LogP contribution in [-0.2, 0) is 6.18 Å². The first-order valence-electron chi connectivity index (χ1n) is 6.09. The summed E-state index contributed by atoms with van der Waals surface area (Å²) in [4.78, 5) is 3.57. The molecule has 0 bridgehead atoms. The molecular weight excluding hydrogens is 277 g/mol. The van der Waals surface area contributed by atoms with E-state index in [4.69, 9.17) is 11.6 Å². The molecule has 0 unspecified atom stereocenters. The van der Waals surface area contributed by atoms with Crippen molar-refractivity contribution in [3.63, 3.8) is 0 Å². The Morgan fingerprint density at radius 3 is 2.53 bits per heavy atom. The van der Waals surface area contributed by atoms with Gasteiger partial charge in [-0.25, -0.2) is 4.98 Å². The van der Waals surface area contributed by atoms with E-state index >= 15 is 0 Å². The number of pyridine rings is 1. The van der Waals surface area contributed by atoms with Gasteiger partial charge in [-0.1, -0.05) is 19.9 Å². The number of aromatic nitrogens is 1. The first kappa shape index (κ1) is 16.1. The van der Waals surface area contributed by atoms with E-state index in [0.29, 0.717) is 12.4 Å². The molecule has 6 heteroatoms. The molecule has 0 atom stereocenters. The van der Waals surface area contributed by atoms with E-state index in [1.165, 1.54) is 12.1 Å². The number of hydrogen-bond donors (Lipinski definition) is 1. The Morgan fingerprint density at radius 2 is 1.95 bits per heavy atom. The molecule has 0 aliphatic carbocycles. The Labute approximate surface area is 116 Å². The summed E-state index contributed by atoms with van der Waals surface area (Å²) in [6.07, 6.45) is -2.62. The predicted octanol–water partition coefficient (Wildman–Crippen LogP) is 4.56. The summed E-state index contributed by atoms with van der Waals surface area (Å²) in [5.74, 6) is 0.833. The van der Waals surface area contributed by atoms with Crippen LogP contribution in [0.1, 0.15) is 32.4 Å². The molecule has 1 aromatic rings. The summed E-state index contributed by atoms with van der Waals surface area (Å²) in [5, 5.41) is 2.95.